The topological polar surface area (TPSA) is 323 Å². The molecule has 0 aromatic heterocycles. The second kappa shape index (κ2) is 27.5. The quantitative estimate of drug-likeness (QED) is 0.0476. The lowest BCUT2D eigenvalue weighted by Gasteiger charge is -2.67. The van der Waals surface area contributed by atoms with Crippen molar-refractivity contribution in [2.24, 2.45) is 49.5 Å². The zero-order valence-electron chi connectivity index (χ0n) is 60.6. The molecule has 10 bridgehead atoms. The molecular formula is C82H85N5O18. The number of aliphatic imine (C=N–C) groups is 3. The molecule has 5 N–H and O–H groups in total. The highest BCUT2D eigenvalue weighted by Gasteiger charge is 2.78. The maximum absolute atomic E-state index is 16.2. The molecule has 6 heterocycles. The number of hydrogen-bond acceptors (Lipinski definition) is 22. The van der Waals surface area contributed by atoms with Crippen LogP contribution >= 0.6 is 0 Å². The zero-order valence-corrected chi connectivity index (χ0v) is 60.6. The summed E-state index contributed by atoms with van der Waals surface area (Å²) in [6.07, 6.45) is -3.85. The summed E-state index contributed by atoms with van der Waals surface area (Å²) in [5, 5.41) is 45.8. The van der Waals surface area contributed by atoms with Crippen LogP contribution in [-0.2, 0) is 61.9 Å². The average Bonchev–Trinajstić information content (AvgIpc) is 1.37. The predicted molar refractivity (Wildman–Crippen MR) is 384 cm³/mol. The smallest absolute Gasteiger partial charge is 0.350 e. The molecule has 14 atom stereocenters. The first kappa shape index (κ1) is 72.8. The molecule has 105 heavy (non-hydrogen) atoms. The highest BCUT2D eigenvalue weighted by molar-refractivity contribution is 6.24. The minimum atomic E-state index is -2.56. The number of carbonyl (C=O) groups is 8. The predicted octanol–water partition coefficient (Wildman–Crippen LogP) is 10.3. The van der Waals surface area contributed by atoms with Gasteiger partial charge in [0.05, 0.1) is 70.9 Å². The normalized spacial score (nSPS) is 29.6. The first-order chi connectivity index (χ1) is 49.9. The number of ether oxygens (including phenoxy) is 7. The van der Waals surface area contributed by atoms with Crippen LogP contribution in [0.3, 0.4) is 0 Å². The fourth-order valence-corrected chi connectivity index (χ4v) is 17.5. The van der Waals surface area contributed by atoms with Crippen LogP contribution in [0.15, 0.2) is 221 Å². The molecule has 2 saturated heterocycles. The Kier molecular flexibility index (Phi) is 19.1. The van der Waals surface area contributed by atoms with Gasteiger partial charge in [-0.25, -0.2) is 24.6 Å². The highest BCUT2D eigenvalue weighted by Crippen LogP contribution is 2.65. The van der Waals surface area contributed by atoms with Crippen LogP contribution < -0.4 is 10.6 Å². The van der Waals surface area contributed by atoms with Gasteiger partial charge in [-0.1, -0.05) is 107 Å². The molecule has 23 heteroatoms. The number of amides is 1. The third-order valence-corrected chi connectivity index (χ3v) is 23.2. The van der Waals surface area contributed by atoms with Gasteiger partial charge in [-0.3, -0.25) is 28.8 Å². The Morgan fingerprint density at radius 2 is 1.47 bits per heavy atom. The summed E-state index contributed by atoms with van der Waals surface area (Å²) in [4.78, 5) is 134. The number of esters is 6. The summed E-state index contributed by atoms with van der Waals surface area (Å²) >= 11 is 0. The number of aliphatic hydroxyl groups is 3. The molecule has 4 aliphatic carbocycles. The van der Waals surface area contributed by atoms with E-state index in [1.807, 2.05) is 52.8 Å². The van der Waals surface area contributed by atoms with E-state index in [0.717, 1.165) is 36.1 Å². The number of carbonyl (C=O) groups excluding carboxylic acids is 8. The van der Waals surface area contributed by atoms with E-state index in [0.29, 0.717) is 68.8 Å². The Labute approximate surface area is 607 Å². The number of nitrogens with zero attached hydrogens (tertiary/aromatic N) is 3. The molecule has 13 rings (SSSR count). The van der Waals surface area contributed by atoms with Gasteiger partial charge >= 0.3 is 35.8 Å². The molecule has 10 aliphatic rings. The lowest BCUT2D eigenvalue weighted by Crippen LogP contribution is -2.82. The number of fused-ring (bicyclic) bond motifs is 10. The van der Waals surface area contributed by atoms with Gasteiger partial charge in [-0.15, -0.1) is 0 Å². The Hall–Kier alpha value is -10.5. The van der Waals surface area contributed by atoms with E-state index in [4.69, 9.17) is 48.1 Å². The molecule has 6 aliphatic heterocycles. The van der Waals surface area contributed by atoms with Crippen molar-refractivity contribution in [1.29, 1.82) is 0 Å². The Morgan fingerprint density at radius 3 is 2.09 bits per heavy atom. The molecule has 0 radical (unpaired) electrons. The number of nitrogens with one attached hydrogen (secondary N) is 2. The van der Waals surface area contributed by atoms with Crippen molar-refractivity contribution in [1.82, 2.24) is 10.6 Å². The van der Waals surface area contributed by atoms with Crippen LogP contribution in [0, 0.1) is 34.5 Å². The molecular weight excluding hydrogens is 1340 g/mol. The summed E-state index contributed by atoms with van der Waals surface area (Å²) in [6, 6.07) is 22.6. The largest absolute Gasteiger partial charge is 0.510 e. The minimum Gasteiger partial charge on any atom is -0.510 e. The molecule has 4 fully saturated rings. The van der Waals surface area contributed by atoms with E-state index in [1.54, 1.807) is 98.8 Å². The van der Waals surface area contributed by atoms with Crippen LogP contribution in [0.2, 0.25) is 0 Å². The molecule has 546 valence electrons. The summed E-state index contributed by atoms with van der Waals surface area (Å²) in [6.45, 7) is 21.7. The van der Waals surface area contributed by atoms with E-state index in [2.05, 4.69) is 17.2 Å². The van der Waals surface area contributed by atoms with Crippen molar-refractivity contribution in [2.75, 3.05) is 13.7 Å². The van der Waals surface area contributed by atoms with E-state index < -0.39 is 149 Å². The van der Waals surface area contributed by atoms with Gasteiger partial charge < -0.3 is 59.1 Å². The third-order valence-electron chi connectivity index (χ3n) is 23.2. The van der Waals surface area contributed by atoms with Gasteiger partial charge in [0, 0.05) is 84.0 Å². The summed E-state index contributed by atoms with van der Waals surface area (Å²) in [7, 11) is 1.22. The van der Waals surface area contributed by atoms with E-state index in [9.17, 15) is 39.3 Å². The first-order valence-corrected chi connectivity index (χ1v) is 35.3. The second-order valence-electron chi connectivity index (χ2n) is 29.2. The Morgan fingerprint density at radius 1 is 0.819 bits per heavy atom. The van der Waals surface area contributed by atoms with Gasteiger partial charge in [-0.2, -0.15) is 0 Å². The molecule has 0 unspecified atom stereocenters. The molecule has 2 saturated carbocycles. The maximum atomic E-state index is 16.2. The van der Waals surface area contributed by atoms with E-state index >= 15 is 14.4 Å². The summed E-state index contributed by atoms with van der Waals surface area (Å²) in [5.41, 5.74) is 1.27. The standard InChI is InChI=1S/C82H85N5O18/c1-14-49-39(3)52-33-54-41(5)51(67(85-54)63-64(77(96)99-13)69(92)62-42(6)55(86-68(62)63)35-57-50(15-2)40(4)53(84-57)34-56(49)83-52)31-32-61(91)103-71(66(46-25-19-16-20-26-46)87-75(94)47-27-21-17-22-28-47)78(97)102-58-37-82(98)74(104-76(95)48-29-23-18-24-30-48)72-80(12,59(90)36-60-81(72,38-100-60)105-45(9)89)73(93)70(101-44(8)88)65(43(58)7)79(82,10)11/h14,16-30,33-35,41,51,58-60,64,66,70-72,74,85,90,92,98H,1,15,31-32,36-38H2,2-13H3,(H,87,94)/t41-,51-,58-,59-,60+,64+,66-,70+,71+,72-,74-,80+,81-,82+/m0/s1. The molecule has 1 amide bonds. The van der Waals surface area contributed by atoms with Crippen LogP contribution in [0.5, 0.6) is 0 Å². The number of aliphatic hydroxyl groups excluding tert-OH is 2. The van der Waals surface area contributed by atoms with Crippen LogP contribution in [-0.4, -0.2) is 142 Å². The van der Waals surface area contributed by atoms with Crippen molar-refractivity contribution in [3.8, 4) is 0 Å². The lowest BCUT2D eigenvalue weighted by molar-refractivity contribution is -0.346. The zero-order chi connectivity index (χ0) is 75.3. The van der Waals surface area contributed by atoms with Gasteiger partial charge in [0.2, 0.25) is 6.10 Å². The monoisotopic (exact) mass is 1430 g/mol. The first-order valence-electron chi connectivity index (χ1n) is 35.3. The number of benzene rings is 3. The van der Waals surface area contributed by atoms with Crippen molar-refractivity contribution < 1.29 is 86.8 Å². The molecule has 0 spiro atoms. The Bertz CT molecular complexity index is 4700. The highest BCUT2D eigenvalue weighted by atomic mass is 16.6. The molecule has 3 aromatic carbocycles. The maximum Gasteiger partial charge on any atom is 0.350 e. The van der Waals surface area contributed by atoms with Crippen molar-refractivity contribution >= 4 is 64.6 Å². The third kappa shape index (κ3) is 12.0. The van der Waals surface area contributed by atoms with Crippen LogP contribution in [0.1, 0.15) is 141 Å². The number of allylic oxidation sites excluding steroid dienone is 11. The number of rotatable bonds is 17. The fourth-order valence-electron chi connectivity index (χ4n) is 17.5. The Balaban J connectivity index is 0.926. The van der Waals surface area contributed by atoms with Crippen molar-refractivity contribution in [3.63, 3.8) is 0 Å². The van der Waals surface area contributed by atoms with Gasteiger partial charge in [0.1, 0.15) is 41.6 Å². The average molecular weight is 1430 g/mol. The minimum absolute atomic E-state index is 0.0126. The van der Waals surface area contributed by atoms with Crippen molar-refractivity contribution in [2.45, 2.75) is 162 Å². The van der Waals surface area contributed by atoms with Crippen molar-refractivity contribution in [3.05, 3.63) is 223 Å². The van der Waals surface area contributed by atoms with Gasteiger partial charge in [-0.05, 0) is 129 Å². The second-order valence-corrected chi connectivity index (χ2v) is 29.2. The summed E-state index contributed by atoms with van der Waals surface area (Å²) in [5.74, 6) is -12.0. The van der Waals surface area contributed by atoms with Crippen LogP contribution in [0.25, 0.3) is 0 Å². The van der Waals surface area contributed by atoms with E-state index in [-0.39, 0.29) is 53.0 Å². The van der Waals surface area contributed by atoms with Gasteiger partial charge in [0.25, 0.3) is 5.91 Å². The van der Waals surface area contributed by atoms with E-state index in [1.165, 1.54) is 33.1 Å². The fraction of sp³-hybridized carbons (Fsp3) is 0.402. The SMILES string of the molecule is C=CC1=C(C)C2=NC1=CC1=NC(=CC3=C(C)C4=C(O)[C@H](C(=O)OC)C(=C5NC(=C2)[C@@H](C)[C@@H]5CCC(=O)O[C@@H](C(=O)O[C@H]2C[C@@]5(O)[C@@H](OC(=O)c6ccccc6)[C@@H]6[C@]7(OC(C)=O)CO[C@@H]7C[C@H](O)[C@@]6(C)C(=O)[C@H](OC(C)=O)C(=C2C)C5(C)C)[C@@H](NC(=O)c2ccccc2)c2ccccc2)C4=N3)C(CC)=C1C. The number of ketones is 1. The lowest BCUT2D eigenvalue weighted by atomic mass is 9.44. The molecule has 23 nitrogen and oxygen atoms in total. The number of Topliss-reactive ketones (excluding diaryl/α,β-unsaturated/α-hetero) is 1. The summed E-state index contributed by atoms with van der Waals surface area (Å²) < 4.78 is 43.6. The molecule has 3 aromatic rings. The van der Waals surface area contributed by atoms with Crippen LogP contribution in [0.4, 0.5) is 0 Å². The number of methoxy groups -OCH3 is 1. The van der Waals surface area contributed by atoms with Gasteiger partial charge in [0.15, 0.2) is 17.5 Å². The number of hydrogen-bond donors (Lipinski definition) is 5.